The molecule has 3 heteroatoms. The highest BCUT2D eigenvalue weighted by atomic mass is 16.5. The molecule has 1 rings (SSSR count). The summed E-state index contributed by atoms with van der Waals surface area (Å²) >= 11 is 0. The molecule has 0 saturated carbocycles. The second-order valence-electron chi connectivity index (χ2n) is 3.53. The van der Waals surface area contributed by atoms with Crippen molar-refractivity contribution in [1.29, 1.82) is 5.26 Å². The number of nitriles is 1. The second kappa shape index (κ2) is 7.72. The minimum atomic E-state index is 0.452. The van der Waals surface area contributed by atoms with E-state index in [4.69, 9.17) is 14.7 Å². The van der Waals surface area contributed by atoms with Crippen molar-refractivity contribution < 1.29 is 9.47 Å². The van der Waals surface area contributed by atoms with Crippen LogP contribution in [0.1, 0.15) is 18.4 Å². The molecule has 3 nitrogen and oxygen atoms in total. The van der Waals surface area contributed by atoms with E-state index in [1.165, 1.54) is 0 Å². The number of hydrogen-bond donors (Lipinski definition) is 0. The average molecular weight is 219 g/mol. The molecule has 0 aliphatic heterocycles. The van der Waals surface area contributed by atoms with Crippen LogP contribution < -0.4 is 4.74 Å². The van der Waals surface area contributed by atoms with Crippen LogP contribution in [0.2, 0.25) is 0 Å². The predicted octanol–water partition coefficient (Wildman–Crippen LogP) is 2.56. The lowest BCUT2D eigenvalue weighted by Crippen LogP contribution is -1.99. The van der Waals surface area contributed by atoms with Crippen LogP contribution in [0.3, 0.4) is 0 Å². The SMILES string of the molecule is COCCCCOc1ccc(CC#N)cc1. The molecule has 1 aromatic carbocycles. The first kappa shape index (κ1) is 12.5. The molecule has 0 spiro atoms. The van der Waals surface area contributed by atoms with E-state index in [2.05, 4.69) is 6.07 Å². The van der Waals surface area contributed by atoms with E-state index in [-0.39, 0.29) is 0 Å². The van der Waals surface area contributed by atoms with Crippen LogP contribution in [-0.4, -0.2) is 20.3 Å². The van der Waals surface area contributed by atoms with Gasteiger partial charge in [0.05, 0.1) is 19.1 Å². The number of methoxy groups -OCH3 is 1. The molecule has 0 aliphatic rings. The van der Waals surface area contributed by atoms with Crippen molar-refractivity contribution in [3.8, 4) is 11.8 Å². The Morgan fingerprint density at radius 1 is 1.12 bits per heavy atom. The van der Waals surface area contributed by atoms with E-state index in [1.54, 1.807) is 7.11 Å². The number of benzene rings is 1. The molecule has 0 aliphatic carbocycles. The molecule has 0 heterocycles. The average Bonchev–Trinajstić information content (AvgIpc) is 2.31. The predicted molar refractivity (Wildman–Crippen MR) is 62.4 cm³/mol. The Morgan fingerprint density at radius 3 is 2.44 bits per heavy atom. The van der Waals surface area contributed by atoms with Crippen LogP contribution >= 0.6 is 0 Å². The van der Waals surface area contributed by atoms with Gasteiger partial charge in [0.15, 0.2) is 0 Å². The molecular weight excluding hydrogens is 202 g/mol. The summed E-state index contributed by atoms with van der Waals surface area (Å²) in [7, 11) is 1.70. The Labute approximate surface area is 96.6 Å². The molecule has 0 aromatic heterocycles. The topological polar surface area (TPSA) is 42.2 Å². The van der Waals surface area contributed by atoms with Gasteiger partial charge in [-0.3, -0.25) is 0 Å². The van der Waals surface area contributed by atoms with Crippen LogP contribution in [0.5, 0.6) is 5.75 Å². The molecule has 0 saturated heterocycles. The van der Waals surface area contributed by atoms with Crippen LogP contribution in [0.4, 0.5) is 0 Å². The first-order valence-corrected chi connectivity index (χ1v) is 5.44. The van der Waals surface area contributed by atoms with Gasteiger partial charge in [0, 0.05) is 13.7 Å². The van der Waals surface area contributed by atoms with Crippen LogP contribution in [0.25, 0.3) is 0 Å². The van der Waals surface area contributed by atoms with Crippen molar-refractivity contribution in [3.05, 3.63) is 29.8 Å². The van der Waals surface area contributed by atoms with Crippen molar-refractivity contribution in [2.75, 3.05) is 20.3 Å². The maximum atomic E-state index is 8.52. The summed E-state index contributed by atoms with van der Waals surface area (Å²) in [5, 5.41) is 8.52. The maximum absolute atomic E-state index is 8.52. The van der Waals surface area contributed by atoms with E-state index in [1.807, 2.05) is 24.3 Å². The molecule has 16 heavy (non-hydrogen) atoms. The number of rotatable bonds is 7. The van der Waals surface area contributed by atoms with Crippen molar-refractivity contribution in [2.45, 2.75) is 19.3 Å². The van der Waals surface area contributed by atoms with E-state index in [0.717, 1.165) is 30.8 Å². The van der Waals surface area contributed by atoms with Crippen LogP contribution in [0.15, 0.2) is 24.3 Å². The third-order valence-electron chi connectivity index (χ3n) is 2.22. The zero-order valence-corrected chi connectivity index (χ0v) is 9.61. The summed E-state index contributed by atoms with van der Waals surface area (Å²) < 4.78 is 10.5. The molecule has 0 fully saturated rings. The molecular formula is C13H17NO2. The van der Waals surface area contributed by atoms with E-state index >= 15 is 0 Å². The Morgan fingerprint density at radius 2 is 1.81 bits per heavy atom. The van der Waals surface area contributed by atoms with Gasteiger partial charge < -0.3 is 9.47 Å². The molecule has 0 unspecified atom stereocenters. The molecule has 0 amide bonds. The van der Waals surface area contributed by atoms with E-state index < -0.39 is 0 Å². The number of ether oxygens (including phenoxy) is 2. The zero-order valence-electron chi connectivity index (χ0n) is 9.61. The third-order valence-corrected chi connectivity index (χ3v) is 2.22. The molecule has 0 N–H and O–H groups in total. The van der Waals surface area contributed by atoms with Crippen molar-refractivity contribution in [2.24, 2.45) is 0 Å². The van der Waals surface area contributed by atoms with Gasteiger partial charge in [-0.15, -0.1) is 0 Å². The minimum absolute atomic E-state index is 0.452. The highest BCUT2D eigenvalue weighted by molar-refractivity contribution is 5.28. The fourth-order valence-electron chi connectivity index (χ4n) is 1.33. The van der Waals surface area contributed by atoms with Gasteiger partial charge in [0.25, 0.3) is 0 Å². The molecule has 0 bridgehead atoms. The maximum Gasteiger partial charge on any atom is 0.119 e. The lowest BCUT2D eigenvalue weighted by atomic mass is 10.2. The molecule has 0 atom stereocenters. The lowest BCUT2D eigenvalue weighted by molar-refractivity contribution is 0.184. The smallest absolute Gasteiger partial charge is 0.119 e. The second-order valence-corrected chi connectivity index (χ2v) is 3.53. The fraction of sp³-hybridized carbons (Fsp3) is 0.462. The quantitative estimate of drug-likeness (QED) is 0.662. The summed E-state index contributed by atoms with van der Waals surface area (Å²) in [5.41, 5.74) is 1.02. The number of nitrogens with zero attached hydrogens (tertiary/aromatic N) is 1. The standard InChI is InChI=1S/C13H17NO2/c1-15-10-2-3-11-16-13-6-4-12(5-7-13)8-9-14/h4-7H,2-3,8,10-11H2,1H3. The largest absolute Gasteiger partial charge is 0.494 e. The van der Waals surface area contributed by atoms with Crippen LogP contribution in [0, 0.1) is 11.3 Å². The summed E-state index contributed by atoms with van der Waals surface area (Å²) in [6, 6.07) is 9.78. The fourth-order valence-corrected chi connectivity index (χ4v) is 1.33. The van der Waals surface area contributed by atoms with Crippen molar-refractivity contribution >= 4 is 0 Å². The molecule has 0 radical (unpaired) electrons. The summed E-state index contributed by atoms with van der Waals surface area (Å²) in [6.45, 7) is 1.49. The van der Waals surface area contributed by atoms with Crippen molar-refractivity contribution in [3.63, 3.8) is 0 Å². The van der Waals surface area contributed by atoms with E-state index in [0.29, 0.717) is 13.0 Å². The third kappa shape index (κ3) is 4.81. The summed E-state index contributed by atoms with van der Waals surface area (Å²) in [6.07, 6.45) is 2.46. The van der Waals surface area contributed by atoms with Gasteiger partial charge in [-0.1, -0.05) is 12.1 Å². The molecule has 86 valence electrons. The normalized spacial score (nSPS) is 9.75. The lowest BCUT2D eigenvalue weighted by Gasteiger charge is -2.06. The molecule has 1 aromatic rings. The van der Waals surface area contributed by atoms with Gasteiger partial charge >= 0.3 is 0 Å². The number of unbranched alkanes of at least 4 members (excludes halogenated alkanes) is 1. The van der Waals surface area contributed by atoms with Gasteiger partial charge in [-0.25, -0.2) is 0 Å². The highest BCUT2D eigenvalue weighted by Crippen LogP contribution is 2.12. The Hall–Kier alpha value is -1.53. The van der Waals surface area contributed by atoms with Gasteiger partial charge in [0.1, 0.15) is 5.75 Å². The first-order chi connectivity index (χ1) is 7.86. The van der Waals surface area contributed by atoms with Crippen LogP contribution in [-0.2, 0) is 11.2 Å². The first-order valence-electron chi connectivity index (χ1n) is 5.44. The summed E-state index contributed by atoms with van der Waals surface area (Å²) in [5.74, 6) is 0.860. The number of hydrogen-bond acceptors (Lipinski definition) is 3. The zero-order chi connectivity index (χ0) is 11.6. The van der Waals surface area contributed by atoms with Gasteiger partial charge in [-0.05, 0) is 30.5 Å². The monoisotopic (exact) mass is 219 g/mol. The van der Waals surface area contributed by atoms with Crippen molar-refractivity contribution in [1.82, 2.24) is 0 Å². The van der Waals surface area contributed by atoms with Gasteiger partial charge in [0.2, 0.25) is 0 Å². The van der Waals surface area contributed by atoms with Gasteiger partial charge in [-0.2, -0.15) is 5.26 Å². The Balaban J connectivity index is 2.24. The Kier molecular flexibility index (Phi) is 6.05. The minimum Gasteiger partial charge on any atom is -0.494 e. The van der Waals surface area contributed by atoms with E-state index in [9.17, 15) is 0 Å². The summed E-state index contributed by atoms with van der Waals surface area (Å²) in [4.78, 5) is 0. The highest BCUT2D eigenvalue weighted by Gasteiger charge is 1.95. The Bertz CT molecular complexity index is 327.